The molecule has 12 heteroatoms. The minimum absolute atomic E-state index is 0.164. The SMILES string of the molecule is O=C(Oc1ccc(Br)cc1C=NNC(=O)c1[nH]c2c(C(F)(F)F)cccc2c1-c1ccccc1Cl)c1ccc(Br)cc1. The quantitative estimate of drug-likeness (QED) is 0.0796. The third kappa shape index (κ3) is 6.28. The first-order valence-corrected chi connectivity index (χ1v) is 14.1. The molecule has 0 aliphatic heterocycles. The van der Waals surface area contributed by atoms with Gasteiger partial charge in [0.1, 0.15) is 11.4 Å². The van der Waals surface area contributed by atoms with Gasteiger partial charge in [0, 0.05) is 36.0 Å². The van der Waals surface area contributed by atoms with Crippen molar-refractivity contribution in [3.05, 3.63) is 121 Å². The fourth-order valence-electron chi connectivity index (χ4n) is 4.24. The molecule has 4 aromatic carbocycles. The van der Waals surface area contributed by atoms with Crippen molar-refractivity contribution in [3.63, 3.8) is 0 Å². The number of esters is 1. The van der Waals surface area contributed by atoms with Crippen molar-refractivity contribution in [2.45, 2.75) is 6.18 Å². The Labute approximate surface area is 258 Å². The van der Waals surface area contributed by atoms with Gasteiger partial charge in [-0.1, -0.05) is 73.8 Å². The highest BCUT2D eigenvalue weighted by molar-refractivity contribution is 9.10. The molecule has 0 atom stereocenters. The van der Waals surface area contributed by atoms with E-state index >= 15 is 0 Å². The lowest BCUT2D eigenvalue weighted by atomic mass is 10.00. The van der Waals surface area contributed by atoms with Gasteiger partial charge in [0.05, 0.1) is 22.9 Å². The summed E-state index contributed by atoms with van der Waals surface area (Å²) in [5, 5.41) is 4.41. The van der Waals surface area contributed by atoms with Crippen molar-refractivity contribution < 1.29 is 27.5 Å². The number of aromatic nitrogens is 1. The minimum Gasteiger partial charge on any atom is -0.422 e. The number of ether oxygens (including phenoxy) is 1. The van der Waals surface area contributed by atoms with E-state index in [0.717, 1.165) is 10.5 Å². The number of nitrogens with one attached hydrogen (secondary N) is 2. The average Bonchev–Trinajstić information content (AvgIpc) is 3.34. The predicted molar refractivity (Wildman–Crippen MR) is 162 cm³/mol. The highest BCUT2D eigenvalue weighted by Gasteiger charge is 2.35. The second-order valence-electron chi connectivity index (χ2n) is 8.86. The van der Waals surface area contributed by atoms with Crippen molar-refractivity contribution >= 4 is 72.5 Å². The summed E-state index contributed by atoms with van der Waals surface area (Å²) in [6, 6.07) is 21.6. The summed E-state index contributed by atoms with van der Waals surface area (Å²) < 4.78 is 48.4. The molecule has 0 saturated heterocycles. The Morgan fingerprint density at radius 2 is 1.64 bits per heavy atom. The summed E-state index contributed by atoms with van der Waals surface area (Å²) >= 11 is 13.1. The van der Waals surface area contributed by atoms with Crippen LogP contribution in [-0.2, 0) is 6.18 Å². The Morgan fingerprint density at radius 3 is 2.36 bits per heavy atom. The molecular formula is C30H17Br2ClF3N3O3. The first-order valence-electron chi connectivity index (χ1n) is 12.1. The maximum Gasteiger partial charge on any atom is 0.418 e. The van der Waals surface area contributed by atoms with Crippen molar-refractivity contribution in [1.82, 2.24) is 10.4 Å². The van der Waals surface area contributed by atoms with E-state index in [1.54, 1.807) is 66.7 Å². The Hall–Kier alpha value is -3.93. The number of alkyl halides is 3. The lowest BCUT2D eigenvalue weighted by Gasteiger charge is -2.09. The number of hydrogen-bond donors (Lipinski definition) is 2. The van der Waals surface area contributed by atoms with Crippen molar-refractivity contribution in [2.24, 2.45) is 5.10 Å². The Kier molecular flexibility index (Phi) is 8.53. The monoisotopic (exact) mass is 717 g/mol. The van der Waals surface area contributed by atoms with Crippen LogP contribution in [0.3, 0.4) is 0 Å². The number of aromatic amines is 1. The molecule has 0 spiro atoms. The normalized spacial score (nSPS) is 11.7. The van der Waals surface area contributed by atoms with Crippen molar-refractivity contribution in [1.29, 1.82) is 0 Å². The van der Waals surface area contributed by atoms with E-state index in [-0.39, 0.29) is 32.9 Å². The van der Waals surface area contributed by atoms with Crippen LogP contribution in [0.1, 0.15) is 32.0 Å². The molecule has 5 rings (SSSR count). The first kappa shape index (κ1) is 29.6. The van der Waals surface area contributed by atoms with E-state index in [9.17, 15) is 22.8 Å². The molecule has 1 aromatic heterocycles. The topological polar surface area (TPSA) is 83.5 Å². The first-order chi connectivity index (χ1) is 20.0. The van der Waals surface area contributed by atoms with Crippen LogP contribution in [0.15, 0.2) is 99.0 Å². The molecule has 42 heavy (non-hydrogen) atoms. The van der Waals surface area contributed by atoms with E-state index in [0.29, 0.717) is 21.2 Å². The number of carbonyl (C=O) groups is 2. The number of amides is 1. The summed E-state index contributed by atoms with van der Waals surface area (Å²) in [4.78, 5) is 28.6. The summed E-state index contributed by atoms with van der Waals surface area (Å²) in [6.45, 7) is 0. The number of hydrazone groups is 1. The molecule has 0 unspecified atom stereocenters. The molecule has 0 saturated carbocycles. The van der Waals surface area contributed by atoms with Gasteiger partial charge in [0.25, 0.3) is 5.91 Å². The van der Waals surface area contributed by atoms with Gasteiger partial charge in [-0.3, -0.25) is 4.79 Å². The number of carbonyl (C=O) groups excluding carboxylic acids is 2. The molecule has 0 radical (unpaired) electrons. The standard InChI is InChI=1S/C30H17Br2ClF3N3O3/c31-18-10-8-16(9-11-18)29(41)42-24-13-12-19(32)14-17(24)15-37-39-28(40)27-25(20-4-1-2-7-23(20)33)21-5-3-6-22(26(21)38-27)30(34,35)36/h1-15,38H,(H,39,40). The number of hydrogen-bond acceptors (Lipinski definition) is 4. The highest BCUT2D eigenvalue weighted by atomic mass is 79.9. The van der Waals surface area contributed by atoms with E-state index in [4.69, 9.17) is 16.3 Å². The van der Waals surface area contributed by atoms with Crippen LogP contribution in [0, 0.1) is 0 Å². The van der Waals surface area contributed by atoms with Gasteiger partial charge in [0.15, 0.2) is 0 Å². The zero-order chi connectivity index (χ0) is 30.0. The average molecular weight is 720 g/mol. The van der Waals surface area contributed by atoms with E-state index < -0.39 is 23.6 Å². The molecule has 1 heterocycles. The van der Waals surface area contributed by atoms with Crippen molar-refractivity contribution in [2.75, 3.05) is 0 Å². The molecule has 0 aliphatic carbocycles. The minimum atomic E-state index is -4.67. The summed E-state index contributed by atoms with van der Waals surface area (Å²) in [7, 11) is 0. The van der Waals surface area contributed by atoms with Gasteiger partial charge in [-0.05, 0) is 54.6 Å². The summed E-state index contributed by atoms with van der Waals surface area (Å²) in [5.74, 6) is -1.25. The molecule has 6 nitrogen and oxygen atoms in total. The molecule has 1 amide bonds. The van der Waals surface area contributed by atoms with Crippen LogP contribution < -0.4 is 10.2 Å². The highest BCUT2D eigenvalue weighted by Crippen LogP contribution is 2.41. The predicted octanol–water partition coefficient (Wildman–Crippen LogP) is 9.02. The van der Waals surface area contributed by atoms with Crippen LogP contribution in [0.5, 0.6) is 5.75 Å². The van der Waals surface area contributed by atoms with E-state index in [2.05, 4.69) is 47.4 Å². The van der Waals surface area contributed by atoms with E-state index in [1.807, 2.05) is 0 Å². The molecule has 212 valence electrons. The van der Waals surface area contributed by atoms with Crippen LogP contribution >= 0.6 is 43.5 Å². The maximum absolute atomic E-state index is 13.8. The summed E-state index contributed by atoms with van der Waals surface area (Å²) in [6.07, 6.45) is -3.41. The van der Waals surface area contributed by atoms with Gasteiger partial charge >= 0.3 is 12.1 Å². The van der Waals surface area contributed by atoms with E-state index in [1.165, 1.54) is 18.3 Å². The van der Waals surface area contributed by atoms with Gasteiger partial charge in [-0.15, -0.1) is 0 Å². The van der Waals surface area contributed by atoms with Gasteiger partial charge < -0.3 is 9.72 Å². The number of para-hydroxylation sites is 1. The van der Waals surface area contributed by atoms with Gasteiger partial charge in [-0.2, -0.15) is 18.3 Å². The van der Waals surface area contributed by atoms with Crippen LogP contribution in [0.25, 0.3) is 22.0 Å². The van der Waals surface area contributed by atoms with Crippen LogP contribution in [-0.4, -0.2) is 23.1 Å². The zero-order valence-corrected chi connectivity index (χ0v) is 25.0. The smallest absolute Gasteiger partial charge is 0.418 e. The summed E-state index contributed by atoms with van der Waals surface area (Å²) in [5.41, 5.74) is 2.22. The lowest BCUT2D eigenvalue weighted by Crippen LogP contribution is -2.19. The Bertz CT molecular complexity index is 1850. The fraction of sp³-hybridized carbons (Fsp3) is 0.0333. The fourth-order valence-corrected chi connectivity index (χ4v) is 5.12. The number of benzene rings is 4. The molecule has 2 N–H and O–H groups in total. The zero-order valence-electron chi connectivity index (χ0n) is 21.1. The van der Waals surface area contributed by atoms with Gasteiger partial charge in [0.2, 0.25) is 0 Å². The lowest BCUT2D eigenvalue weighted by molar-refractivity contribution is -0.136. The van der Waals surface area contributed by atoms with Gasteiger partial charge in [-0.25, -0.2) is 10.2 Å². The Balaban J connectivity index is 1.48. The molecular weight excluding hydrogens is 703 g/mol. The largest absolute Gasteiger partial charge is 0.422 e. The number of fused-ring (bicyclic) bond motifs is 1. The Morgan fingerprint density at radius 1 is 0.929 bits per heavy atom. The molecule has 5 aromatic rings. The molecule has 0 aliphatic rings. The number of H-pyrrole nitrogens is 1. The third-order valence-electron chi connectivity index (χ3n) is 6.13. The second-order valence-corrected chi connectivity index (χ2v) is 11.1. The van der Waals surface area contributed by atoms with Crippen molar-refractivity contribution in [3.8, 4) is 16.9 Å². The van der Waals surface area contributed by atoms with Crippen LogP contribution in [0.4, 0.5) is 13.2 Å². The third-order valence-corrected chi connectivity index (χ3v) is 7.49. The second kappa shape index (κ2) is 12.1. The maximum atomic E-state index is 13.8. The number of halogens is 6. The number of nitrogens with zero attached hydrogens (tertiary/aromatic N) is 1. The molecule has 0 bridgehead atoms. The number of rotatable bonds is 6. The van der Waals surface area contributed by atoms with Crippen LogP contribution in [0.2, 0.25) is 5.02 Å². The molecule has 0 fully saturated rings.